The smallest absolute Gasteiger partial charge is 0.319 e. The number of nitrogens with one attached hydrogen (secondary N) is 2. The van der Waals surface area contributed by atoms with Crippen molar-refractivity contribution in [3.8, 4) is 11.5 Å². The van der Waals surface area contributed by atoms with Crippen LogP contribution in [0.4, 0.5) is 10.5 Å². The molecule has 4 rings (SSSR count). The van der Waals surface area contributed by atoms with Crippen molar-refractivity contribution in [3.63, 3.8) is 0 Å². The Labute approximate surface area is 153 Å². The Morgan fingerprint density at radius 3 is 2.85 bits per heavy atom. The molecule has 26 heavy (non-hydrogen) atoms. The largest absolute Gasteiger partial charge is 0.466 e. The number of urea groups is 1. The van der Waals surface area contributed by atoms with Crippen LogP contribution in [0.15, 0.2) is 58.5 Å². The number of carbonyl (C=O) groups excluding carboxylic acids is 1. The van der Waals surface area contributed by atoms with Crippen LogP contribution in [-0.2, 0) is 5.60 Å². The molecule has 0 radical (unpaired) electrons. The fourth-order valence-corrected chi connectivity index (χ4v) is 3.51. The molecule has 8 heteroatoms. The molecule has 0 saturated heterocycles. The number of anilines is 1. The normalized spacial score (nSPS) is 14.7. The molecule has 1 atom stereocenters. The minimum absolute atomic E-state index is 0.0442. The lowest BCUT2D eigenvalue weighted by Crippen LogP contribution is -2.42. The van der Waals surface area contributed by atoms with Gasteiger partial charge in [-0.15, -0.1) is 11.3 Å². The zero-order valence-corrected chi connectivity index (χ0v) is 14.4. The molecule has 134 valence electrons. The van der Waals surface area contributed by atoms with E-state index in [1.807, 2.05) is 11.4 Å². The van der Waals surface area contributed by atoms with Gasteiger partial charge >= 0.3 is 6.03 Å². The van der Waals surface area contributed by atoms with Crippen molar-refractivity contribution >= 4 is 23.1 Å². The maximum atomic E-state index is 12.3. The number of benzene rings is 1. The lowest BCUT2D eigenvalue weighted by atomic mass is 9.99. The average Bonchev–Trinajstić information content (AvgIpc) is 3.41. The highest BCUT2D eigenvalue weighted by Crippen LogP contribution is 2.34. The van der Waals surface area contributed by atoms with Gasteiger partial charge in [0.05, 0.1) is 12.8 Å². The third kappa shape index (κ3) is 3.12. The Bertz CT molecular complexity index is 858. The molecule has 7 nitrogen and oxygen atoms in total. The van der Waals surface area contributed by atoms with Crippen LogP contribution < -0.4 is 20.1 Å². The van der Waals surface area contributed by atoms with Crippen LogP contribution in [0.5, 0.6) is 11.5 Å². The van der Waals surface area contributed by atoms with Gasteiger partial charge in [0.1, 0.15) is 5.76 Å². The first-order valence-corrected chi connectivity index (χ1v) is 8.78. The fourth-order valence-electron chi connectivity index (χ4n) is 2.68. The predicted octanol–water partition coefficient (Wildman–Crippen LogP) is 3.13. The van der Waals surface area contributed by atoms with Crippen LogP contribution >= 0.6 is 11.3 Å². The lowest BCUT2D eigenvalue weighted by Gasteiger charge is -2.25. The molecule has 0 spiro atoms. The van der Waals surface area contributed by atoms with Crippen LogP contribution in [0.2, 0.25) is 0 Å². The van der Waals surface area contributed by atoms with Gasteiger partial charge in [-0.1, -0.05) is 6.07 Å². The summed E-state index contributed by atoms with van der Waals surface area (Å²) in [6.07, 6.45) is 1.49. The lowest BCUT2D eigenvalue weighted by molar-refractivity contribution is 0.0628. The van der Waals surface area contributed by atoms with Crippen LogP contribution in [0.1, 0.15) is 10.6 Å². The second-order valence-electron chi connectivity index (χ2n) is 5.69. The molecule has 0 aliphatic carbocycles. The van der Waals surface area contributed by atoms with E-state index in [2.05, 4.69) is 10.6 Å². The first-order valence-electron chi connectivity index (χ1n) is 7.90. The molecular weight excluding hydrogens is 356 g/mol. The molecule has 1 aliphatic heterocycles. The quantitative estimate of drug-likeness (QED) is 0.640. The number of thiophene rings is 1. The van der Waals surface area contributed by atoms with E-state index in [1.54, 1.807) is 36.4 Å². The minimum atomic E-state index is -1.44. The Morgan fingerprint density at radius 1 is 1.19 bits per heavy atom. The van der Waals surface area contributed by atoms with Gasteiger partial charge in [0.15, 0.2) is 17.1 Å². The van der Waals surface area contributed by atoms with Gasteiger partial charge in [-0.25, -0.2) is 4.79 Å². The van der Waals surface area contributed by atoms with E-state index in [9.17, 15) is 9.90 Å². The fraction of sp³-hybridized carbons (Fsp3) is 0.167. The van der Waals surface area contributed by atoms with Crippen molar-refractivity contribution in [1.29, 1.82) is 0 Å². The van der Waals surface area contributed by atoms with Gasteiger partial charge in [0.2, 0.25) is 6.79 Å². The van der Waals surface area contributed by atoms with Gasteiger partial charge in [-0.05, 0) is 35.7 Å². The van der Waals surface area contributed by atoms with Crippen LogP contribution in [0.25, 0.3) is 0 Å². The number of rotatable bonds is 5. The van der Waals surface area contributed by atoms with Crippen LogP contribution in [0.3, 0.4) is 0 Å². The van der Waals surface area contributed by atoms with Crippen LogP contribution in [0, 0.1) is 0 Å². The third-order valence-corrected chi connectivity index (χ3v) is 5.01. The van der Waals surface area contributed by atoms with E-state index in [0.717, 1.165) is 0 Å². The number of hydrogen-bond donors (Lipinski definition) is 3. The number of aliphatic hydroxyl groups is 1. The molecule has 1 aliphatic rings. The first-order chi connectivity index (χ1) is 12.6. The highest BCUT2D eigenvalue weighted by atomic mass is 32.1. The number of carbonyl (C=O) groups is 1. The van der Waals surface area contributed by atoms with Crippen molar-refractivity contribution in [1.82, 2.24) is 5.32 Å². The molecule has 3 heterocycles. The molecule has 3 N–H and O–H groups in total. The summed E-state index contributed by atoms with van der Waals surface area (Å²) in [5, 5.41) is 18.4. The summed E-state index contributed by atoms with van der Waals surface area (Å²) in [5.41, 5.74) is -0.881. The molecule has 0 saturated carbocycles. The number of ether oxygens (including phenoxy) is 2. The topological polar surface area (TPSA) is 93.0 Å². The summed E-state index contributed by atoms with van der Waals surface area (Å²) in [6, 6.07) is 11.7. The number of amides is 2. The summed E-state index contributed by atoms with van der Waals surface area (Å²) in [5.74, 6) is 1.58. The van der Waals surface area contributed by atoms with Crippen molar-refractivity contribution in [3.05, 3.63) is 64.7 Å². The van der Waals surface area contributed by atoms with Gasteiger partial charge in [0.25, 0.3) is 0 Å². The Hall–Kier alpha value is -2.97. The Balaban J connectivity index is 1.45. The van der Waals surface area contributed by atoms with E-state index in [4.69, 9.17) is 13.9 Å². The summed E-state index contributed by atoms with van der Waals surface area (Å²) in [4.78, 5) is 12.9. The van der Waals surface area contributed by atoms with Gasteiger partial charge < -0.3 is 29.6 Å². The predicted molar refractivity (Wildman–Crippen MR) is 95.6 cm³/mol. The highest BCUT2D eigenvalue weighted by Gasteiger charge is 2.36. The van der Waals surface area contributed by atoms with E-state index < -0.39 is 11.6 Å². The second-order valence-corrected chi connectivity index (χ2v) is 6.64. The Kier molecular flexibility index (Phi) is 4.27. The monoisotopic (exact) mass is 372 g/mol. The van der Waals surface area contributed by atoms with E-state index in [1.165, 1.54) is 17.6 Å². The molecule has 3 aromatic rings. The SMILES string of the molecule is O=C(NC[C@@](O)(c1ccco1)c1cccs1)Nc1ccc2c(c1)OCO2. The standard InChI is InChI=1S/C18H16N2O5S/c21-17(20-12-5-6-13-14(9-12)25-11-24-13)19-10-18(22,15-3-1-7-23-15)16-4-2-8-26-16/h1-9,22H,10-11H2,(H2,19,20,21)/t18-/m1/s1. The maximum Gasteiger partial charge on any atom is 0.319 e. The molecule has 0 fully saturated rings. The number of furan rings is 1. The van der Waals surface area contributed by atoms with E-state index in [0.29, 0.717) is 27.8 Å². The first kappa shape index (κ1) is 16.5. The zero-order chi connectivity index (χ0) is 18.0. The molecular formula is C18H16N2O5S. The van der Waals surface area contributed by atoms with Gasteiger partial charge in [-0.3, -0.25) is 0 Å². The molecule has 0 bridgehead atoms. The summed E-state index contributed by atoms with van der Waals surface area (Å²) >= 11 is 1.39. The maximum absolute atomic E-state index is 12.3. The van der Waals surface area contributed by atoms with Crippen molar-refractivity contribution in [2.45, 2.75) is 5.60 Å². The third-order valence-electron chi connectivity index (χ3n) is 3.99. The molecule has 2 amide bonds. The molecule has 1 aromatic carbocycles. The molecule has 2 aromatic heterocycles. The van der Waals surface area contributed by atoms with Gasteiger partial charge in [0, 0.05) is 16.6 Å². The van der Waals surface area contributed by atoms with Crippen molar-refractivity contribution in [2.24, 2.45) is 0 Å². The minimum Gasteiger partial charge on any atom is -0.466 e. The summed E-state index contributed by atoms with van der Waals surface area (Å²) in [6.45, 7) is 0.124. The van der Waals surface area contributed by atoms with E-state index >= 15 is 0 Å². The summed E-state index contributed by atoms with van der Waals surface area (Å²) in [7, 11) is 0. The summed E-state index contributed by atoms with van der Waals surface area (Å²) < 4.78 is 15.9. The average molecular weight is 372 g/mol. The van der Waals surface area contributed by atoms with Crippen molar-refractivity contribution in [2.75, 3.05) is 18.7 Å². The van der Waals surface area contributed by atoms with E-state index in [-0.39, 0.29) is 13.3 Å². The number of hydrogen-bond acceptors (Lipinski definition) is 6. The van der Waals surface area contributed by atoms with Crippen LogP contribution in [-0.4, -0.2) is 24.5 Å². The van der Waals surface area contributed by atoms with Crippen molar-refractivity contribution < 1.29 is 23.8 Å². The zero-order valence-electron chi connectivity index (χ0n) is 13.6. The Morgan fingerprint density at radius 2 is 2.08 bits per heavy atom. The highest BCUT2D eigenvalue weighted by molar-refractivity contribution is 7.10. The second kappa shape index (κ2) is 6.74. The molecule has 0 unspecified atom stereocenters. The van der Waals surface area contributed by atoms with Gasteiger partial charge in [-0.2, -0.15) is 0 Å². The number of fused-ring (bicyclic) bond motifs is 1.